The first-order valence-electron chi connectivity index (χ1n) is 3.91. The smallest absolute Gasteiger partial charge is 0.298 e. The highest BCUT2D eigenvalue weighted by Gasteiger charge is 2.03. The molecule has 0 aliphatic rings. The van der Waals surface area contributed by atoms with E-state index in [1.54, 1.807) is 19.2 Å². The molecule has 5 heteroatoms. The van der Waals surface area contributed by atoms with E-state index in [1.807, 2.05) is 0 Å². The molecule has 1 aromatic rings. The number of hydrogen-bond acceptors (Lipinski definition) is 3. The fourth-order valence-corrected chi connectivity index (χ4v) is 0.940. The minimum absolute atomic E-state index is 0.0675. The first kappa shape index (κ1) is 9.44. The van der Waals surface area contributed by atoms with Gasteiger partial charge in [0.2, 0.25) is 0 Å². The fourth-order valence-electron chi connectivity index (χ4n) is 0.940. The maximum atomic E-state index is 11.4. The summed E-state index contributed by atoms with van der Waals surface area (Å²) in [5.41, 5.74) is -0.298. The molecule has 0 aliphatic heterocycles. The Labute approximate surface area is 75.3 Å². The van der Waals surface area contributed by atoms with E-state index in [2.05, 4.69) is 5.10 Å². The van der Waals surface area contributed by atoms with Crippen molar-refractivity contribution in [3.8, 4) is 0 Å². The molecule has 0 saturated carbocycles. The molecule has 1 aromatic heterocycles. The van der Waals surface area contributed by atoms with Gasteiger partial charge in [-0.25, -0.2) is 4.79 Å². The number of allylic oxidation sites excluding steroid dienone is 1. The summed E-state index contributed by atoms with van der Waals surface area (Å²) in [5.74, 6) is -0.0675. The largest absolute Gasteiger partial charge is 0.350 e. The van der Waals surface area contributed by atoms with Gasteiger partial charge in [-0.3, -0.25) is 9.36 Å². The van der Waals surface area contributed by atoms with E-state index in [9.17, 15) is 9.59 Å². The van der Waals surface area contributed by atoms with E-state index in [0.29, 0.717) is 0 Å². The number of Topliss-reactive ketones (excluding diaryl/α,β-unsaturated/α-hetero) is 1. The lowest BCUT2D eigenvalue weighted by Crippen LogP contribution is -2.24. The van der Waals surface area contributed by atoms with Crippen LogP contribution in [0.2, 0.25) is 0 Å². The van der Waals surface area contributed by atoms with E-state index >= 15 is 0 Å². The number of hydrogen-bond donors (Lipinski definition) is 0. The molecule has 0 saturated heterocycles. The Hall–Kier alpha value is -1.65. The molecule has 0 radical (unpaired) electrons. The van der Waals surface area contributed by atoms with Crippen molar-refractivity contribution in [2.24, 2.45) is 0 Å². The van der Waals surface area contributed by atoms with Crippen LogP contribution in [0.15, 0.2) is 17.2 Å². The molecular formula is C8H11N3O2. The second-order valence-electron chi connectivity index (χ2n) is 2.67. The standard InChI is InChI=1S/C8H11N3O2/c1-3-4-11-8(13)10(6-9-11)5-7(2)12/h3-4,6H,5H2,1-2H3/b4-3+. The fraction of sp³-hybridized carbons (Fsp3) is 0.375. The highest BCUT2D eigenvalue weighted by atomic mass is 16.2. The molecule has 1 rings (SSSR count). The van der Waals surface area contributed by atoms with E-state index in [-0.39, 0.29) is 18.0 Å². The summed E-state index contributed by atoms with van der Waals surface area (Å²) in [6.07, 6.45) is 4.59. The zero-order valence-electron chi connectivity index (χ0n) is 7.60. The predicted molar refractivity (Wildman–Crippen MR) is 48.2 cm³/mol. The lowest BCUT2D eigenvalue weighted by molar-refractivity contribution is -0.117. The number of rotatable bonds is 3. The summed E-state index contributed by atoms with van der Waals surface area (Å²) in [5, 5.41) is 3.79. The zero-order valence-corrected chi connectivity index (χ0v) is 7.60. The van der Waals surface area contributed by atoms with Gasteiger partial charge in [-0.1, -0.05) is 6.08 Å². The Bertz CT molecular complexity index is 386. The number of ketones is 1. The van der Waals surface area contributed by atoms with Crippen molar-refractivity contribution >= 4 is 12.0 Å². The van der Waals surface area contributed by atoms with Crippen molar-refractivity contribution in [2.75, 3.05) is 0 Å². The zero-order chi connectivity index (χ0) is 9.84. The van der Waals surface area contributed by atoms with Gasteiger partial charge in [0.15, 0.2) is 0 Å². The average molecular weight is 181 g/mol. The van der Waals surface area contributed by atoms with E-state index in [1.165, 1.54) is 22.5 Å². The van der Waals surface area contributed by atoms with Gasteiger partial charge in [-0.05, 0) is 13.8 Å². The van der Waals surface area contributed by atoms with Crippen LogP contribution in [0.4, 0.5) is 0 Å². The van der Waals surface area contributed by atoms with Crippen molar-refractivity contribution in [1.82, 2.24) is 14.3 Å². The summed E-state index contributed by atoms with van der Waals surface area (Å²) in [7, 11) is 0. The van der Waals surface area contributed by atoms with Crippen LogP contribution in [-0.4, -0.2) is 20.1 Å². The molecule has 5 nitrogen and oxygen atoms in total. The molecule has 13 heavy (non-hydrogen) atoms. The Morgan fingerprint density at radius 1 is 1.69 bits per heavy atom. The maximum Gasteiger partial charge on any atom is 0.350 e. The summed E-state index contributed by atoms with van der Waals surface area (Å²) < 4.78 is 2.45. The third-order valence-corrected chi connectivity index (χ3v) is 1.44. The van der Waals surface area contributed by atoms with E-state index in [4.69, 9.17) is 0 Å². The number of aromatic nitrogens is 3. The molecule has 0 atom stereocenters. The number of carbonyl (C=O) groups is 1. The third kappa shape index (κ3) is 2.14. The molecule has 70 valence electrons. The number of nitrogens with zero attached hydrogens (tertiary/aromatic N) is 3. The first-order chi connectivity index (χ1) is 6.15. The lowest BCUT2D eigenvalue weighted by Gasteiger charge is -1.92. The first-order valence-corrected chi connectivity index (χ1v) is 3.91. The van der Waals surface area contributed by atoms with Gasteiger partial charge in [-0.2, -0.15) is 9.78 Å². The molecule has 0 bridgehead atoms. The lowest BCUT2D eigenvalue weighted by atomic mass is 10.4. The minimum Gasteiger partial charge on any atom is -0.298 e. The van der Waals surface area contributed by atoms with Crippen molar-refractivity contribution in [3.05, 3.63) is 22.9 Å². The van der Waals surface area contributed by atoms with Crippen LogP contribution in [0, 0.1) is 0 Å². The van der Waals surface area contributed by atoms with Crippen molar-refractivity contribution in [2.45, 2.75) is 20.4 Å². The minimum atomic E-state index is -0.298. The monoisotopic (exact) mass is 181 g/mol. The highest BCUT2D eigenvalue weighted by molar-refractivity contribution is 5.75. The Morgan fingerprint density at radius 3 is 2.92 bits per heavy atom. The molecule has 0 aromatic carbocycles. The molecule has 0 spiro atoms. The van der Waals surface area contributed by atoms with Crippen LogP contribution in [-0.2, 0) is 11.3 Å². The summed E-state index contributed by atoms with van der Waals surface area (Å²) in [6, 6.07) is 0. The predicted octanol–water partition coefficient (Wildman–Crippen LogP) is 0.124. The maximum absolute atomic E-state index is 11.4. The summed E-state index contributed by atoms with van der Waals surface area (Å²) >= 11 is 0. The summed E-state index contributed by atoms with van der Waals surface area (Å²) in [4.78, 5) is 22.1. The van der Waals surface area contributed by atoms with Gasteiger partial charge in [0.1, 0.15) is 12.1 Å². The van der Waals surface area contributed by atoms with Gasteiger partial charge >= 0.3 is 5.69 Å². The molecule has 0 amide bonds. The van der Waals surface area contributed by atoms with Gasteiger partial charge in [0, 0.05) is 6.20 Å². The van der Waals surface area contributed by atoms with Gasteiger partial charge in [-0.15, -0.1) is 0 Å². The molecule has 0 fully saturated rings. The van der Waals surface area contributed by atoms with Gasteiger partial charge < -0.3 is 0 Å². The van der Waals surface area contributed by atoms with Gasteiger partial charge in [0.05, 0.1) is 6.54 Å². The van der Waals surface area contributed by atoms with Crippen LogP contribution in [0.5, 0.6) is 0 Å². The van der Waals surface area contributed by atoms with Crippen molar-refractivity contribution in [1.29, 1.82) is 0 Å². The number of carbonyl (C=O) groups excluding carboxylic acids is 1. The normalized spacial score (nSPS) is 10.9. The SMILES string of the molecule is C/C=C/n1ncn(CC(C)=O)c1=O. The van der Waals surface area contributed by atoms with Crippen molar-refractivity contribution in [3.63, 3.8) is 0 Å². The Kier molecular flexibility index (Phi) is 2.79. The Morgan fingerprint density at radius 2 is 2.38 bits per heavy atom. The third-order valence-electron chi connectivity index (χ3n) is 1.44. The van der Waals surface area contributed by atoms with Crippen LogP contribution in [0.25, 0.3) is 6.20 Å². The summed E-state index contributed by atoms with van der Waals surface area (Å²) in [6.45, 7) is 3.30. The topological polar surface area (TPSA) is 56.9 Å². The van der Waals surface area contributed by atoms with Crippen LogP contribution in [0.1, 0.15) is 13.8 Å². The molecular weight excluding hydrogens is 170 g/mol. The van der Waals surface area contributed by atoms with E-state index < -0.39 is 0 Å². The van der Waals surface area contributed by atoms with Gasteiger partial charge in [0.25, 0.3) is 0 Å². The van der Waals surface area contributed by atoms with Crippen LogP contribution >= 0.6 is 0 Å². The Balaban J connectivity index is 3.00. The van der Waals surface area contributed by atoms with E-state index in [0.717, 1.165) is 0 Å². The van der Waals surface area contributed by atoms with Crippen LogP contribution < -0.4 is 5.69 Å². The van der Waals surface area contributed by atoms with Crippen LogP contribution in [0.3, 0.4) is 0 Å². The quantitative estimate of drug-likeness (QED) is 0.665. The second kappa shape index (κ2) is 3.84. The average Bonchev–Trinajstić information content (AvgIpc) is 2.36. The molecule has 1 heterocycles. The molecule has 0 aliphatic carbocycles. The molecule has 0 unspecified atom stereocenters. The second-order valence-corrected chi connectivity index (χ2v) is 2.67. The van der Waals surface area contributed by atoms with Crippen molar-refractivity contribution < 1.29 is 4.79 Å². The molecule has 0 N–H and O–H groups in total. The highest BCUT2D eigenvalue weighted by Crippen LogP contribution is 1.82.